The van der Waals surface area contributed by atoms with Gasteiger partial charge < -0.3 is 4.18 Å². The van der Waals surface area contributed by atoms with Crippen molar-refractivity contribution in [1.29, 1.82) is 5.26 Å². The number of hydrogen-bond donors (Lipinski definition) is 0. The third-order valence-electron chi connectivity index (χ3n) is 5.76. The molecule has 0 N–H and O–H groups in total. The third-order valence-corrected chi connectivity index (χ3v) is 6.76. The van der Waals surface area contributed by atoms with Gasteiger partial charge in [0.15, 0.2) is 5.78 Å². The average Bonchev–Trinajstić information content (AvgIpc) is 3.00. The Bertz CT molecular complexity index is 1260. The lowest BCUT2D eigenvalue weighted by molar-refractivity contribution is -0.0525. The number of allylic oxidation sites excluding steroid dienone is 2. The van der Waals surface area contributed by atoms with E-state index in [1.807, 2.05) is 18.2 Å². The van der Waals surface area contributed by atoms with Gasteiger partial charge in [0.25, 0.3) is 0 Å². The molecule has 0 aromatic heterocycles. The van der Waals surface area contributed by atoms with Gasteiger partial charge in [0, 0.05) is 17.4 Å². The molecule has 0 saturated carbocycles. The fraction of sp³-hybridized carbons (Fsp3) is 0.273. The lowest BCUT2D eigenvalue weighted by Gasteiger charge is -2.30. The summed E-state index contributed by atoms with van der Waals surface area (Å²) in [6, 6.07) is 14.6. The smallest absolute Gasteiger partial charge is 0.381 e. The number of fused-ring (bicyclic) bond motifs is 1. The molecule has 0 saturated heterocycles. The second kappa shape index (κ2) is 7.24. The second-order valence-electron chi connectivity index (χ2n) is 7.71. The molecular formula is C22H16F3NO4S. The second-order valence-corrected chi connectivity index (χ2v) is 9.25. The first-order valence-corrected chi connectivity index (χ1v) is 10.8. The fourth-order valence-corrected chi connectivity index (χ4v) is 4.65. The summed E-state index contributed by atoms with van der Waals surface area (Å²) in [6.45, 7) is 0. The molecular weight excluding hydrogens is 431 g/mol. The average molecular weight is 447 g/mol. The van der Waals surface area contributed by atoms with Gasteiger partial charge in [0.1, 0.15) is 5.76 Å². The molecule has 9 heteroatoms. The molecule has 2 aliphatic carbocycles. The highest BCUT2D eigenvalue weighted by atomic mass is 32.2. The number of carbonyl (C=O) groups is 1. The van der Waals surface area contributed by atoms with Crippen LogP contribution in [0.5, 0.6) is 0 Å². The van der Waals surface area contributed by atoms with Crippen LogP contribution >= 0.6 is 0 Å². The summed E-state index contributed by atoms with van der Waals surface area (Å²) in [7, 11) is -5.72. The van der Waals surface area contributed by atoms with Crippen LogP contribution in [0.15, 0.2) is 54.3 Å². The number of hydrogen-bond acceptors (Lipinski definition) is 5. The summed E-state index contributed by atoms with van der Waals surface area (Å²) in [5, 5.41) is 9.09. The van der Waals surface area contributed by atoms with Crippen LogP contribution in [0.4, 0.5) is 13.2 Å². The first-order valence-electron chi connectivity index (χ1n) is 9.43. The van der Waals surface area contributed by atoms with Crippen LogP contribution in [-0.4, -0.2) is 19.7 Å². The SMILES string of the molecule is N#Cc1cccc(-c2ccc3c(c2)C(=O)C2(CC=C(OS(=O)(=O)C(F)(F)F)CC2)C3)c1. The zero-order valence-corrected chi connectivity index (χ0v) is 16.9. The van der Waals surface area contributed by atoms with Gasteiger partial charge >= 0.3 is 15.6 Å². The highest BCUT2D eigenvalue weighted by molar-refractivity contribution is 7.87. The molecule has 0 radical (unpaired) electrons. The Balaban J connectivity index is 1.58. The minimum Gasteiger partial charge on any atom is -0.381 e. The normalized spacial score (nSPS) is 20.8. The Morgan fingerprint density at radius 3 is 2.48 bits per heavy atom. The standard InChI is InChI=1S/C22H16F3NO4S/c23-22(24,25)31(28,29)30-18-6-8-21(9-7-18)12-17-5-4-16(11-19(17)20(21)27)15-3-1-2-14(10-15)13-26/h1-6,10-11H,7-9,12H2. The molecule has 0 heterocycles. The lowest BCUT2D eigenvalue weighted by atomic mass is 9.73. The van der Waals surface area contributed by atoms with Crippen molar-refractivity contribution >= 4 is 15.9 Å². The zero-order chi connectivity index (χ0) is 22.4. The molecule has 0 bridgehead atoms. The van der Waals surface area contributed by atoms with Gasteiger partial charge in [-0.3, -0.25) is 4.79 Å². The largest absolute Gasteiger partial charge is 0.534 e. The quantitative estimate of drug-likeness (QED) is 0.494. The molecule has 31 heavy (non-hydrogen) atoms. The van der Waals surface area contributed by atoms with Crippen molar-refractivity contribution in [3.05, 3.63) is 71.0 Å². The highest BCUT2D eigenvalue weighted by Crippen LogP contribution is 2.48. The van der Waals surface area contributed by atoms with E-state index in [0.717, 1.165) is 16.7 Å². The summed E-state index contributed by atoms with van der Waals surface area (Å²) >= 11 is 0. The molecule has 2 aliphatic rings. The molecule has 1 spiro atoms. The number of carbonyl (C=O) groups excluding carboxylic acids is 1. The van der Waals surface area contributed by atoms with Crippen molar-refractivity contribution in [2.45, 2.75) is 31.2 Å². The molecule has 160 valence electrons. The van der Waals surface area contributed by atoms with Crippen molar-refractivity contribution in [1.82, 2.24) is 0 Å². The Kier molecular flexibility index (Phi) is 4.93. The van der Waals surface area contributed by atoms with Crippen molar-refractivity contribution in [2.24, 2.45) is 5.41 Å². The number of rotatable bonds is 3. The van der Waals surface area contributed by atoms with Gasteiger partial charge in [-0.1, -0.05) is 24.3 Å². The summed E-state index contributed by atoms with van der Waals surface area (Å²) in [5.41, 5.74) is -2.85. The number of ketones is 1. The molecule has 0 aliphatic heterocycles. The Morgan fingerprint density at radius 2 is 1.84 bits per heavy atom. The number of nitriles is 1. The van der Waals surface area contributed by atoms with E-state index < -0.39 is 21.0 Å². The van der Waals surface area contributed by atoms with E-state index >= 15 is 0 Å². The van der Waals surface area contributed by atoms with Gasteiger partial charge in [-0.25, -0.2) is 0 Å². The first kappa shape index (κ1) is 21.1. The van der Waals surface area contributed by atoms with Crippen LogP contribution in [0, 0.1) is 16.7 Å². The number of halogens is 3. The van der Waals surface area contributed by atoms with Gasteiger partial charge in [-0.05, 0) is 60.2 Å². The molecule has 0 amide bonds. The number of Topliss-reactive ketones (excluding diaryl/α,β-unsaturated/α-hetero) is 1. The molecule has 0 fully saturated rings. The van der Waals surface area contributed by atoms with Crippen LogP contribution in [0.1, 0.15) is 40.7 Å². The maximum Gasteiger partial charge on any atom is 0.534 e. The van der Waals surface area contributed by atoms with Crippen LogP contribution < -0.4 is 0 Å². The molecule has 2 aromatic rings. The third kappa shape index (κ3) is 3.72. The Morgan fingerprint density at radius 1 is 1.10 bits per heavy atom. The summed E-state index contributed by atoms with van der Waals surface area (Å²) < 4.78 is 64.3. The predicted molar refractivity (Wildman–Crippen MR) is 105 cm³/mol. The van der Waals surface area contributed by atoms with Crippen molar-refractivity contribution in [3.63, 3.8) is 0 Å². The topological polar surface area (TPSA) is 84.2 Å². The summed E-state index contributed by atoms with van der Waals surface area (Å²) in [6.07, 6.45) is 1.91. The number of nitrogens with zero attached hydrogens (tertiary/aromatic N) is 1. The molecule has 5 nitrogen and oxygen atoms in total. The fourth-order valence-electron chi connectivity index (χ4n) is 4.13. The minimum atomic E-state index is -5.72. The van der Waals surface area contributed by atoms with E-state index in [1.165, 1.54) is 6.08 Å². The van der Waals surface area contributed by atoms with Crippen molar-refractivity contribution in [2.75, 3.05) is 0 Å². The first-order chi connectivity index (χ1) is 14.5. The van der Waals surface area contributed by atoms with Crippen LogP contribution in [-0.2, 0) is 20.7 Å². The van der Waals surface area contributed by atoms with Gasteiger partial charge in [-0.15, -0.1) is 0 Å². The van der Waals surface area contributed by atoms with E-state index in [2.05, 4.69) is 10.3 Å². The van der Waals surface area contributed by atoms with Crippen molar-refractivity contribution < 1.29 is 30.6 Å². The van der Waals surface area contributed by atoms with E-state index in [1.54, 1.807) is 24.3 Å². The van der Waals surface area contributed by atoms with E-state index in [0.29, 0.717) is 17.5 Å². The van der Waals surface area contributed by atoms with E-state index in [-0.39, 0.29) is 30.8 Å². The van der Waals surface area contributed by atoms with E-state index in [9.17, 15) is 26.4 Å². The predicted octanol–water partition coefficient (Wildman–Crippen LogP) is 4.88. The van der Waals surface area contributed by atoms with Crippen molar-refractivity contribution in [3.8, 4) is 17.2 Å². The molecule has 4 rings (SSSR count). The monoisotopic (exact) mass is 447 g/mol. The molecule has 1 unspecified atom stereocenters. The lowest BCUT2D eigenvalue weighted by Crippen LogP contribution is -2.31. The summed E-state index contributed by atoms with van der Waals surface area (Å²) in [4.78, 5) is 13.2. The van der Waals surface area contributed by atoms with Gasteiger partial charge in [-0.2, -0.15) is 26.9 Å². The zero-order valence-electron chi connectivity index (χ0n) is 16.1. The maximum absolute atomic E-state index is 13.2. The molecule has 1 atom stereocenters. The maximum atomic E-state index is 13.2. The number of alkyl halides is 3. The minimum absolute atomic E-state index is 0.0773. The van der Waals surface area contributed by atoms with E-state index in [4.69, 9.17) is 5.26 Å². The van der Waals surface area contributed by atoms with Crippen LogP contribution in [0.3, 0.4) is 0 Å². The highest BCUT2D eigenvalue weighted by Gasteiger charge is 2.50. The number of benzene rings is 2. The van der Waals surface area contributed by atoms with Gasteiger partial charge in [0.2, 0.25) is 0 Å². The Hall–Kier alpha value is -3.12. The van der Waals surface area contributed by atoms with Gasteiger partial charge in [0.05, 0.1) is 11.6 Å². The van der Waals surface area contributed by atoms with Crippen LogP contribution in [0.25, 0.3) is 11.1 Å². The van der Waals surface area contributed by atoms with Crippen LogP contribution in [0.2, 0.25) is 0 Å². The summed E-state index contributed by atoms with van der Waals surface area (Å²) in [5.74, 6) is -0.407. The molecule has 2 aromatic carbocycles. The Labute approximate surface area is 176 Å².